The maximum Gasteiger partial charge on any atom is 0.237 e. The van der Waals surface area contributed by atoms with E-state index in [1.165, 1.54) is 41.9 Å². The van der Waals surface area contributed by atoms with E-state index < -0.39 is 20.4 Å². The average Bonchev–Trinajstić information content (AvgIpc) is 4.19. The SMILES string of the molecule is Cc1[nH]nc(Nc2ncnc3cc(OCCOc4cnc(N5CCC6(CCN(C[C@H]7CN[C@H](C)CN7CC(=O)N7CCCC7c7nc(C(=O)c8ccc(F)cc8)cs7)CC6)CC5)nc4)c(S(=O)(=O)C(C)(C)C)cc23)c1C. The second kappa shape index (κ2) is 22.0. The van der Waals surface area contributed by atoms with Gasteiger partial charge in [0.2, 0.25) is 17.6 Å². The van der Waals surface area contributed by atoms with Gasteiger partial charge < -0.3 is 34.8 Å². The number of hydrogen-bond acceptors (Lipinski definition) is 18. The summed E-state index contributed by atoms with van der Waals surface area (Å²) in [5.74, 6) is 1.79. The number of fused-ring (bicyclic) bond motifs is 1. The van der Waals surface area contributed by atoms with Gasteiger partial charge in [0.1, 0.15) is 52.5 Å². The van der Waals surface area contributed by atoms with Crippen LogP contribution in [0, 0.1) is 25.1 Å². The van der Waals surface area contributed by atoms with E-state index in [4.69, 9.17) is 14.5 Å². The van der Waals surface area contributed by atoms with Crippen molar-refractivity contribution in [3.63, 3.8) is 0 Å². The van der Waals surface area contributed by atoms with Gasteiger partial charge in [-0.05, 0) is 129 Å². The van der Waals surface area contributed by atoms with E-state index in [9.17, 15) is 22.4 Å². The van der Waals surface area contributed by atoms with Gasteiger partial charge >= 0.3 is 0 Å². The fourth-order valence-electron chi connectivity index (χ4n) is 10.9. The van der Waals surface area contributed by atoms with Crippen LogP contribution in [-0.4, -0.2) is 159 Å². The van der Waals surface area contributed by atoms with Crippen LogP contribution in [0.1, 0.15) is 105 Å². The minimum absolute atomic E-state index is 0.0324. The molecule has 76 heavy (non-hydrogen) atoms. The third-order valence-electron chi connectivity index (χ3n) is 15.8. The lowest BCUT2D eigenvalue weighted by Gasteiger charge is -2.48. The van der Waals surface area contributed by atoms with Crippen LogP contribution < -0.4 is 25.0 Å². The number of ether oxygens (including phenoxy) is 2. The molecule has 10 rings (SSSR count). The molecule has 8 heterocycles. The quantitative estimate of drug-likeness (QED) is 0.0652. The summed E-state index contributed by atoms with van der Waals surface area (Å²) in [6.45, 7) is 18.5. The van der Waals surface area contributed by atoms with Gasteiger partial charge in [0.05, 0.1) is 35.2 Å². The number of piperazine rings is 1. The van der Waals surface area contributed by atoms with Crippen molar-refractivity contribution in [3.8, 4) is 11.5 Å². The largest absolute Gasteiger partial charge is 0.489 e. The van der Waals surface area contributed by atoms with Crippen molar-refractivity contribution in [2.24, 2.45) is 5.41 Å². The number of carbonyl (C=O) groups excluding carboxylic acids is 2. The topological polar surface area (TPSA) is 217 Å². The van der Waals surface area contributed by atoms with Crippen molar-refractivity contribution in [1.82, 2.24) is 55.1 Å². The molecule has 0 radical (unpaired) electrons. The number of rotatable bonds is 16. The Bertz CT molecular complexity index is 3150. The van der Waals surface area contributed by atoms with Crippen molar-refractivity contribution in [3.05, 3.63) is 93.8 Å². The minimum atomic E-state index is -3.86. The number of thiazole rings is 1. The summed E-state index contributed by atoms with van der Waals surface area (Å²) in [6, 6.07) is 9.02. The number of aromatic amines is 1. The number of aryl methyl sites for hydroxylation is 1. The molecule has 4 saturated heterocycles. The molecular formula is C54H68FN13O6S2. The van der Waals surface area contributed by atoms with Crippen molar-refractivity contribution < 1.29 is 31.9 Å². The molecule has 0 bridgehead atoms. The summed E-state index contributed by atoms with van der Waals surface area (Å²) in [5, 5.41) is 17.2. The van der Waals surface area contributed by atoms with Gasteiger partial charge in [0, 0.05) is 85.0 Å². The summed E-state index contributed by atoms with van der Waals surface area (Å²) in [5.41, 5.74) is 3.32. The van der Waals surface area contributed by atoms with E-state index in [1.807, 2.05) is 18.7 Å². The standard InChI is InChI=1S/C54H68FN13O6S2/c1-34-29-67(31-47(69)68-17-7-8-44(68)51-61-43(32-75-51)48(70)37-9-11-38(55)12-10-37)39(26-56-34)30-65-18-13-54(14-19-65)15-20-66(21-16-54)52-57-27-40(28-58-52)73-22-23-74-45-25-42-41(24-46(45)76(71,72)53(4,5)6)50(60-33-59-42)62-49-35(2)36(3)63-64-49/h9-12,24-25,27-28,32-34,39,44,56H,7-8,13-23,26,29-31H2,1-6H3,(H2,59,60,62,63,64)/t34-,39-,44?/m1/s1. The van der Waals surface area contributed by atoms with Crippen LogP contribution >= 0.6 is 11.3 Å². The molecule has 22 heteroatoms. The molecule has 3 N–H and O–H groups in total. The minimum Gasteiger partial charge on any atom is -0.489 e. The zero-order valence-corrected chi connectivity index (χ0v) is 45.8. The molecule has 404 valence electrons. The fourth-order valence-corrected chi connectivity index (χ4v) is 13.1. The third-order valence-corrected chi connectivity index (χ3v) is 19.2. The Labute approximate surface area is 447 Å². The smallest absolute Gasteiger partial charge is 0.237 e. The summed E-state index contributed by atoms with van der Waals surface area (Å²) in [6.07, 6.45) is 10.8. The number of carbonyl (C=O) groups is 2. The number of ketones is 1. The number of H-pyrrole nitrogens is 1. The summed E-state index contributed by atoms with van der Waals surface area (Å²) >= 11 is 1.41. The van der Waals surface area contributed by atoms with Gasteiger partial charge in [0.15, 0.2) is 21.4 Å². The molecule has 0 saturated carbocycles. The highest BCUT2D eigenvalue weighted by Gasteiger charge is 2.41. The van der Waals surface area contributed by atoms with Gasteiger partial charge in [-0.3, -0.25) is 19.6 Å². The summed E-state index contributed by atoms with van der Waals surface area (Å²) in [7, 11) is -3.86. The highest BCUT2D eigenvalue weighted by atomic mass is 32.2. The average molecular weight is 1080 g/mol. The molecule has 4 aromatic heterocycles. The van der Waals surface area contributed by atoms with E-state index in [0.717, 1.165) is 101 Å². The highest BCUT2D eigenvalue weighted by molar-refractivity contribution is 7.92. The second-order valence-corrected chi connectivity index (χ2v) is 25.4. The highest BCUT2D eigenvalue weighted by Crippen LogP contribution is 2.43. The first-order valence-electron chi connectivity index (χ1n) is 26.3. The molecule has 0 aliphatic carbocycles. The predicted molar refractivity (Wildman–Crippen MR) is 289 cm³/mol. The third kappa shape index (κ3) is 11.4. The lowest BCUT2D eigenvalue weighted by molar-refractivity contribution is -0.134. The number of halogens is 1. The van der Waals surface area contributed by atoms with Crippen LogP contribution in [-0.2, 0) is 14.6 Å². The molecule has 3 atom stereocenters. The predicted octanol–water partition coefficient (Wildman–Crippen LogP) is 7.07. The van der Waals surface area contributed by atoms with Gasteiger partial charge in [0.25, 0.3) is 0 Å². The fraction of sp³-hybridized carbons (Fsp3) is 0.519. The Morgan fingerprint density at radius 3 is 2.37 bits per heavy atom. The Morgan fingerprint density at radius 1 is 0.934 bits per heavy atom. The number of anilines is 3. The molecule has 4 fully saturated rings. The Morgan fingerprint density at radius 2 is 1.66 bits per heavy atom. The van der Waals surface area contributed by atoms with Crippen molar-refractivity contribution in [1.29, 1.82) is 0 Å². The number of nitrogens with one attached hydrogen (secondary N) is 3. The number of sulfone groups is 1. The van der Waals surface area contributed by atoms with E-state index in [1.54, 1.807) is 50.7 Å². The summed E-state index contributed by atoms with van der Waals surface area (Å²) in [4.78, 5) is 59.3. The first kappa shape index (κ1) is 53.2. The van der Waals surface area contributed by atoms with E-state index in [2.05, 4.69) is 62.4 Å². The molecule has 4 aliphatic rings. The van der Waals surface area contributed by atoms with Crippen molar-refractivity contribution >= 4 is 61.4 Å². The van der Waals surface area contributed by atoms with Crippen LogP contribution in [0.2, 0.25) is 0 Å². The first-order valence-corrected chi connectivity index (χ1v) is 28.7. The van der Waals surface area contributed by atoms with E-state index in [0.29, 0.717) is 58.6 Å². The van der Waals surface area contributed by atoms with Crippen LogP contribution in [0.25, 0.3) is 10.9 Å². The zero-order chi connectivity index (χ0) is 53.4. The molecule has 19 nitrogen and oxygen atoms in total. The van der Waals surface area contributed by atoms with Crippen LogP contribution in [0.4, 0.5) is 22.0 Å². The van der Waals surface area contributed by atoms with E-state index in [-0.39, 0.29) is 59.1 Å². The van der Waals surface area contributed by atoms with Crippen molar-refractivity contribution in [2.75, 3.05) is 82.3 Å². The zero-order valence-electron chi connectivity index (χ0n) is 44.1. The molecule has 4 aliphatic heterocycles. The molecular weight excluding hydrogens is 1010 g/mol. The number of piperidine rings is 2. The van der Waals surface area contributed by atoms with E-state index >= 15 is 0 Å². The number of amides is 1. The van der Waals surface area contributed by atoms with Crippen molar-refractivity contribution in [2.45, 2.75) is 108 Å². The van der Waals surface area contributed by atoms with Gasteiger partial charge in [-0.25, -0.2) is 37.7 Å². The maximum absolute atomic E-state index is 14.1. The van der Waals surface area contributed by atoms with Gasteiger partial charge in [-0.15, -0.1) is 11.3 Å². The molecule has 2 aromatic carbocycles. The Hall–Kier alpha value is -6.20. The lowest BCUT2D eigenvalue weighted by atomic mass is 9.71. The second-order valence-electron chi connectivity index (χ2n) is 21.8. The van der Waals surface area contributed by atoms with Gasteiger partial charge in [-0.1, -0.05) is 0 Å². The van der Waals surface area contributed by atoms with Gasteiger partial charge in [-0.2, -0.15) is 5.10 Å². The normalized spacial score (nSPS) is 20.6. The number of nitrogens with zero attached hydrogens (tertiary/aromatic N) is 10. The lowest BCUT2D eigenvalue weighted by Crippen LogP contribution is -2.61. The number of hydrogen-bond donors (Lipinski definition) is 3. The maximum atomic E-state index is 14.1. The number of aromatic nitrogens is 7. The Kier molecular flexibility index (Phi) is 15.4. The first-order chi connectivity index (χ1) is 36.4. The Balaban J connectivity index is 0.689. The van der Waals surface area contributed by atoms with Crippen LogP contribution in [0.5, 0.6) is 11.5 Å². The molecule has 6 aromatic rings. The molecule has 1 unspecified atom stereocenters. The number of benzene rings is 2. The van der Waals surface area contributed by atoms with Crippen LogP contribution in [0.15, 0.2) is 65.4 Å². The summed E-state index contributed by atoms with van der Waals surface area (Å²) < 4.78 is 52.4. The van der Waals surface area contributed by atoms with Crippen LogP contribution in [0.3, 0.4) is 0 Å². The number of likely N-dealkylation sites (tertiary alicyclic amines) is 2. The molecule has 1 spiro atoms. The monoisotopic (exact) mass is 1080 g/mol. The molecule has 1 amide bonds.